The molecule has 0 aliphatic heterocycles. The summed E-state index contributed by atoms with van der Waals surface area (Å²) in [6.07, 6.45) is 8.05. The lowest BCUT2D eigenvalue weighted by atomic mass is 9.49. The summed E-state index contributed by atoms with van der Waals surface area (Å²) in [6.45, 7) is 4.11. The van der Waals surface area contributed by atoms with Gasteiger partial charge in [-0.3, -0.25) is 0 Å². The van der Waals surface area contributed by atoms with Crippen LogP contribution in [-0.4, -0.2) is 19.8 Å². The van der Waals surface area contributed by atoms with E-state index in [1.807, 2.05) is 28.8 Å². The second-order valence-electron chi connectivity index (χ2n) is 9.89. The standard InChI is InChI=1S/C22H25ClN4OS/c1-21(2,28-17-5-3-16(23)4-6-17)19-26-27-18(24-25-20(27)29-19)22-10-13-7-14(11-22)9-15(8-13)12-22/h3-6,13-15H,7-12H2,1-2H3. The minimum atomic E-state index is -0.558. The molecule has 0 unspecified atom stereocenters. The Balaban J connectivity index is 1.35. The number of rotatable bonds is 4. The fourth-order valence-electron chi connectivity index (χ4n) is 6.42. The average Bonchev–Trinajstić information content (AvgIpc) is 3.23. The molecule has 152 valence electrons. The van der Waals surface area contributed by atoms with Gasteiger partial charge in [0.2, 0.25) is 4.96 Å². The Hall–Kier alpha value is -1.66. The van der Waals surface area contributed by atoms with Crippen LogP contribution in [0.2, 0.25) is 5.02 Å². The monoisotopic (exact) mass is 428 g/mol. The van der Waals surface area contributed by atoms with Crippen LogP contribution >= 0.6 is 22.9 Å². The van der Waals surface area contributed by atoms with Gasteiger partial charge in [-0.1, -0.05) is 22.9 Å². The lowest BCUT2D eigenvalue weighted by Crippen LogP contribution is -2.49. The van der Waals surface area contributed by atoms with Crippen molar-refractivity contribution in [3.8, 4) is 5.75 Å². The first kappa shape index (κ1) is 18.1. The lowest BCUT2D eigenvalue weighted by Gasteiger charge is -2.55. The molecule has 1 aromatic carbocycles. The average molecular weight is 429 g/mol. The maximum absolute atomic E-state index is 6.26. The molecule has 0 amide bonds. The minimum Gasteiger partial charge on any atom is -0.481 e. The molecule has 7 heteroatoms. The highest BCUT2D eigenvalue weighted by atomic mass is 35.5. The lowest BCUT2D eigenvalue weighted by molar-refractivity contribution is -0.0104. The van der Waals surface area contributed by atoms with E-state index in [2.05, 4.69) is 24.0 Å². The third-order valence-corrected chi connectivity index (χ3v) is 8.66. The predicted octanol–water partition coefficient (Wildman–Crippen LogP) is 5.62. The Morgan fingerprint density at radius 2 is 1.66 bits per heavy atom. The van der Waals surface area contributed by atoms with Crippen molar-refractivity contribution in [2.45, 2.75) is 63.4 Å². The SMILES string of the molecule is CC(C)(Oc1ccc(Cl)cc1)c1nn2c(C34CC5CC(CC(C5)C3)C4)nnc2s1. The molecule has 0 saturated heterocycles. The van der Waals surface area contributed by atoms with Crippen LogP contribution in [0.3, 0.4) is 0 Å². The topological polar surface area (TPSA) is 52.3 Å². The molecule has 7 rings (SSSR count). The van der Waals surface area contributed by atoms with Crippen LogP contribution in [0.25, 0.3) is 4.96 Å². The van der Waals surface area contributed by atoms with Crippen LogP contribution in [0, 0.1) is 17.8 Å². The fourth-order valence-corrected chi connectivity index (χ4v) is 7.42. The van der Waals surface area contributed by atoms with Gasteiger partial charge in [0.1, 0.15) is 5.75 Å². The number of benzene rings is 1. The van der Waals surface area contributed by atoms with Gasteiger partial charge in [-0.25, -0.2) is 0 Å². The molecule has 4 bridgehead atoms. The molecular formula is C22H25ClN4OS. The van der Waals surface area contributed by atoms with Crippen LogP contribution in [0.5, 0.6) is 5.75 Å². The zero-order valence-corrected chi connectivity index (χ0v) is 18.3. The summed E-state index contributed by atoms with van der Waals surface area (Å²) < 4.78 is 8.29. The zero-order valence-electron chi connectivity index (χ0n) is 16.8. The van der Waals surface area contributed by atoms with Crippen molar-refractivity contribution in [1.82, 2.24) is 19.8 Å². The Kier molecular flexibility index (Phi) is 3.86. The van der Waals surface area contributed by atoms with Crippen LogP contribution < -0.4 is 4.74 Å². The van der Waals surface area contributed by atoms with Crippen LogP contribution in [-0.2, 0) is 11.0 Å². The third-order valence-electron chi connectivity index (χ3n) is 7.21. The number of ether oxygens (including phenoxy) is 1. The Morgan fingerprint density at radius 3 is 2.28 bits per heavy atom. The molecule has 0 atom stereocenters. The van der Waals surface area contributed by atoms with Gasteiger partial charge in [0.15, 0.2) is 16.4 Å². The summed E-state index contributed by atoms with van der Waals surface area (Å²) in [5.41, 5.74) is -0.376. The summed E-state index contributed by atoms with van der Waals surface area (Å²) in [5.74, 6) is 4.49. The van der Waals surface area contributed by atoms with Crippen LogP contribution in [0.1, 0.15) is 63.2 Å². The maximum atomic E-state index is 6.26. The first-order chi connectivity index (χ1) is 13.9. The maximum Gasteiger partial charge on any atom is 0.234 e. The highest BCUT2D eigenvalue weighted by Crippen LogP contribution is 2.60. The van der Waals surface area contributed by atoms with Gasteiger partial charge >= 0.3 is 0 Å². The second kappa shape index (κ2) is 6.17. The summed E-state index contributed by atoms with van der Waals surface area (Å²) >= 11 is 7.58. The summed E-state index contributed by atoms with van der Waals surface area (Å²) in [4.78, 5) is 0.874. The quantitative estimate of drug-likeness (QED) is 0.541. The Morgan fingerprint density at radius 1 is 1.03 bits per heavy atom. The van der Waals surface area contributed by atoms with E-state index >= 15 is 0 Å². The van der Waals surface area contributed by atoms with Crippen molar-refractivity contribution in [1.29, 1.82) is 0 Å². The van der Waals surface area contributed by atoms with Crippen LogP contribution in [0.4, 0.5) is 0 Å². The van der Waals surface area contributed by atoms with E-state index in [1.54, 1.807) is 11.3 Å². The molecular weight excluding hydrogens is 404 g/mol. The van der Waals surface area contributed by atoms with E-state index in [4.69, 9.17) is 21.4 Å². The van der Waals surface area contributed by atoms with E-state index in [1.165, 1.54) is 38.5 Å². The second-order valence-corrected chi connectivity index (χ2v) is 11.3. The van der Waals surface area contributed by atoms with Crippen molar-refractivity contribution in [3.05, 3.63) is 40.1 Å². The molecule has 0 radical (unpaired) electrons. The van der Waals surface area contributed by atoms with E-state index in [-0.39, 0.29) is 5.41 Å². The molecule has 4 aliphatic rings. The molecule has 29 heavy (non-hydrogen) atoms. The van der Waals surface area contributed by atoms with Gasteiger partial charge in [-0.2, -0.15) is 9.61 Å². The molecule has 2 aromatic heterocycles. The molecule has 3 aromatic rings. The van der Waals surface area contributed by atoms with Gasteiger partial charge in [0.25, 0.3) is 0 Å². The molecule has 4 fully saturated rings. The van der Waals surface area contributed by atoms with Gasteiger partial charge in [-0.05, 0) is 94.4 Å². The van der Waals surface area contributed by atoms with Crippen molar-refractivity contribution < 1.29 is 4.74 Å². The van der Waals surface area contributed by atoms with Crippen molar-refractivity contribution in [2.24, 2.45) is 17.8 Å². The predicted molar refractivity (Wildman–Crippen MR) is 114 cm³/mol. The smallest absolute Gasteiger partial charge is 0.234 e. The number of aromatic nitrogens is 4. The summed E-state index contributed by atoms with van der Waals surface area (Å²) in [5, 5.41) is 15.8. The summed E-state index contributed by atoms with van der Waals surface area (Å²) in [6, 6.07) is 7.48. The number of hydrogen-bond donors (Lipinski definition) is 0. The zero-order chi connectivity index (χ0) is 19.8. The first-order valence-electron chi connectivity index (χ1n) is 10.6. The normalized spacial score (nSPS) is 30.9. The fraction of sp³-hybridized carbons (Fsp3) is 0.591. The molecule has 4 aliphatic carbocycles. The molecule has 0 N–H and O–H groups in total. The first-order valence-corrected chi connectivity index (χ1v) is 11.8. The van der Waals surface area contributed by atoms with Crippen molar-refractivity contribution in [2.75, 3.05) is 0 Å². The van der Waals surface area contributed by atoms with Crippen molar-refractivity contribution in [3.63, 3.8) is 0 Å². The van der Waals surface area contributed by atoms with E-state index < -0.39 is 5.60 Å². The number of fused-ring (bicyclic) bond motifs is 1. The van der Waals surface area contributed by atoms with Gasteiger partial charge < -0.3 is 4.74 Å². The van der Waals surface area contributed by atoms with Gasteiger partial charge in [0, 0.05) is 10.4 Å². The van der Waals surface area contributed by atoms with Gasteiger partial charge in [-0.15, -0.1) is 10.2 Å². The molecule has 5 nitrogen and oxygen atoms in total. The summed E-state index contributed by atoms with van der Waals surface area (Å²) in [7, 11) is 0. The Bertz CT molecular complexity index is 1040. The van der Waals surface area contributed by atoms with E-state index in [0.29, 0.717) is 5.02 Å². The number of hydrogen-bond acceptors (Lipinski definition) is 5. The van der Waals surface area contributed by atoms with Gasteiger partial charge in [0.05, 0.1) is 0 Å². The molecule has 2 heterocycles. The highest BCUT2D eigenvalue weighted by molar-refractivity contribution is 7.16. The Labute approximate surface area is 179 Å². The molecule has 0 spiro atoms. The molecule has 4 saturated carbocycles. The number of halogens is 1. The minimum absolute atomic E-state index is 0.181. The largest absolute Gasteiger partial charge is 0.481 e. The van der Waals surface area contributed by atoms with Crippen LogP contribution in [0.15, 0.2) is 24.3 Å². The number of nitrogens with zero attached hydrogens (tertiary/aromatic N) is 4. The van der Waals surface area contributed by atoms with E-state index in [0.717, 1.165) is 39.3 Å². The third kappa shape index (κ3) is 2.90. The van der Waals surface area contributed by atoms with Crippen molar-refractivity contribution >= 4 is 27.9 Å². The highest BCUT2D eigenvalue weighted by Gasteiger charge is 2.54. The van der Waals surface area contributed by atoms with E-state index in [9.17, 15) is 0 Å².